The van der Waals surface area contributed by atoms with Crippen LogP contribution in [0.2, 0.25) is 0 Å². The Kier molecular flexibility index (Phi) is 6.58. The molecule has 0 amide bonds. The molecule has 3 aromatic carbocycles. The number of nitriles is 1. The Morgan fingerprint density at radius 1 is 0.972 bits per heavy atom. The molecule has 0 radical (unpaired) electrons. The number of ether oxygens (including phenoxy) is 1. The Bertz CT molecular complexity index is 1530. The molecule has 0 saturated heterocycles. The molecule has 0 atom stereocenters. The first-order valence-corrected chi connectivity index (χ1v) is 11.0. The molecule has 4 rings (SSSR count). The molecule has 1 aromatic heterocycles. The van der Waals surface area contributed by atoms with Crippen molar-refractivity contribution in [3.05, 3.63) is 111 Å². The first-order chi connectivity index (χ1) is 17.1. The van der Waals surface area contributed by atoms with Crippen LogP contribution in [-0.4, -0.2) is 4.57 Å². The van der Waals surface area contributed by atoms with Crippen LogP contribution < -0.4 is 16.0 Å². The predicted molar refractivity (Wildman–Crippen MR) is 132 cm³/mol. The number of anilines is 1. The van der Waals surface area contributed by atoms with Gasteiger partial charge in [-0.15, -0.1) is 0 Å². The van der Waals surface area contributed by atoms with Crippen LogP contribution in [0.1, 0.15) is 27.8 Å². The standard InChI is InChI=1S/C28H22F3N3O2/c1-17-6-7-20(18(2)12-17)16-34-26(14-25(28(29,30)31)24(15-32)27(34)35)19-8-10-22(11-9-19)36-23-5-3-4-21(33)13-23/h3-14H,16,33H2,1-2H3. The average Bonchev–Trinajstić information content (AvgIpc) is 2.81. The number of pyridine rings is 1. The van der Waals surface area contributed by atoms with Gasteiger partial charge in [-0.25, -0.2) is 0 Å². The number of nitrogen functional groups attached to an aromatic ring is 1. The molecular formula is C28H22F3N3O2. The number of nitrogens with two attached hydrogens (primary N) is 1. The van der Waals surface area contributed by atoms with Gasteiger partial charge >= 0.3 is 6.18 Å². The van der Waals surface area contributed by atoms with Crippen molar-refractivity contribution in [3.8, 4) is 28.8 Å². The Morgan fingerprint density at radius 2 is 1.69 bits per heavy atom. The summed E-state index contributed by atoms with van der Waals surface area (Å²) in [4.78, 5) is 13.2. The lowest BCUT2D eigenvalue weighted by Crippen LogP contribution is -2.29. The number of aryl methyl sites for hydroxylation is 2. The molecule has 0 aliphatic carbocycles. The van der Waals surface area contributed by atoms with E-state index in [4.69, 9.17) is 10.5 Å². The van der Waals surface area contributed by atoms with E-state index in [0.717, 1.165) is 22.8 Å². The molecule has 0 aliphatic rings. The Balaban J connectivity index is 1.83. The van der Waals surface area contributed by atoms with Crippen molar-refractivity contribution in [1.82, 2.24) is 4.57 Å². The molecule has 0 saturated carbocycles. The summed E-state index contributed by atoms with van der Waals surface area (Å²) in [6.07, 6.45) is -4.87. The minimum absolute atomic E-state index is 0.00857. The highest BCUT2D eigenvalue weighted by molar-refractivity contribution is 5.64. The van der Waals surface area contributed by atoms with Crippen LogP contribution in [0.4, 0.5) is 18.9 Å². The minimum atomic E-state index is -4.87. The zero-order chi connectivity index (χ0) is 26.0. The van der Waals surface area contributed by atoms with Crippen molar-refractivity contribution in [3.63, 3.8) is 0 Å². The van der Waals surface area contributed by atoms with Crippen molar-refractivity contribution in [2.24, 2.45) is 0 Å². The fourth-order valence-corrected chi connectivity index (χ4v) is 3.98. The lowest BCUT2D eigenvalue weighted by atomic mass is 10.0. The number of alkyl halides is 3. The van der Waals surface area contributed by atoms with Crippen LogP contribution in [0.5, 0.6) is 11.5 Å². The summed E-state index contributed by atoms with van der Waals surface area (Å²) in [7, 11) is 0. The third-order valence-electron chi connectivity index (χ3n) is 5.79. The Hall–Kier alpha value is -4.51. The van der Waals surface area contributed by atoms with Crippen molar-refractivity contribution in [2.45, 2.75) is 26.6 Å². The van der Waals surface area contributed by atoms with E-state index in [1.54, 1.807) is 48.5 Å². The topological polar surface area (TPSA) is 81.0 Å². The van der Waals surface area contributed by atoms with Gasteiger partial charge in [0.05, 0.1) is 17.8 Å². The molecule has 0 fully saturated rings. The molecule has 0 unspecified atom stereocenters. The van der Waals surface area contributed by atoms with E-state index >= 15 is 0 Å². The zero-order valence-corrected chi connectivity index (χ0v) is 19.6. The van der Waals surface area contributed by atoms with Crippen LogP contribution in [0.15, 0.2) is 77.6 Å². The van der Waals surface area contributed by atoms with Crippen LogP contribution in [-0.2, 0) is 12.7 Å². The van der Waals surface area contributed by atoms with Crippen molar-refractivity contribution >= 4 is 5.69 Å². The molecule has 4 aromatic rings. The van der Waals surface area contributed by atoms with E-state index in [9.17, 15) is 23.2 Å². The fourth-order valence-electron chi connectivity index (χ4n) is 3.98. The van der Waals surface area contributed by atoms with Gasteiger partial charge in [-0.05, 0) is 73.0 Å². The van der Waals surface area contributed by atoms with E-state index in [0.29, 0.717) is 22.7 Å². The van der Waals surface area contributed by atoms with Crippen molar-refractivity contribution in [2.75, 3.05) is 5.73 Å². The highest BCUT2D eigenvalue weighted by Gasteiger charge is 2.36. The quantitative estimate of drug-likeness (QED) is 0.327. The SMILES string of the molecule is Cc1ccc(Cn2c(-c3ccc(Oc4cccc(N)c4)cc3)cc(C(F)(F)F)c(C#N)c2=O)c(C)c1. The predicted octanol–water partition coefficient (Wildman–Crippen LogP) is 6.45. The van der Waals surface area contributed by atoms with Gasteiger partial charge in [-0.3, -0.25) is 4.79 Å². The molecule has 36 heavy (non-hydrogen) atoms. The summed E-state index contributed by atoms with van der Waals surface area (Å²) in [5.41, 5.74) is 6.18. The molecule has 0 aliphatic heterocycles. The third-order valence-corrected chi connectivity index (χ3v) is 5.79. The second-order valence-electron chi connectivity index (χ2n) is 8.45. The van der Waals surface area contributed by atoms with Crippen molar-refractivity contribution in [1.29, 1.82) is 5.26 Å². The van der Waals surface area contributed by atoms with Crippen LogP contribution in [0.25, 0.3) is 11.3 Å². The van der Waals surface area contributed by atoms with Gasteiger partial charge in [0.25, 0.3) is 5.56 Å². The molecule has 2 N–H and O–H groups in total. The van der Waals surface area contributed by atoms with Gasteiger partial charge in [0.15, 0.2) is 0 Å². The molecule has 1 heterocycles. The maximum absolute atomic E-state index is 13.8. The lowest BCUT2D eigenvalue weighted by molar-refractivity contribution is -0.137. The summed E-state index contributed by atoms with van der Waals surface area (Å²) in [5.74, 6) is 0.949. The molecule has 5 nitrogen and oxygen atoms in total. The summed E-state index contributed by atoms with van der Waals surface area (Å²) in [6.45, 7) is 3.80. The normalized spacial score (nSPS) is 11.2. The van der Waals surface area contributed by atoms with E-state index < -0.39 is 22.9 Å². The van der Waals surface area contributed by atoms with Crippen LogP contribution in [0.3, 0.4) is 0 Å². The maximum atomic E-state index is 13.8. The summed E-state index contributed by atoms with van der Waals surface area (Å²) >= 11 is 0. The number of rotatable bonds is 5. The molecule has 182 valence electrons. The van der Waals surface area contributed by atoms with E-state index in [2.05, 4.69) is 0 Å². The number of aromatic nitrogens is 1. The molecule has 0 bridgehead atoms. The Labute approximate surface area is 205 Å². The van der Waals surface area contributed by atoms with Gasteiger partial charge < -0.3 is 15.0 Å². The number of hydrogen-bond acceptors (Lipinski definition) is 4. The lowest BCUT2D eigenvalue weighted by Gasteiger charge is -2.19. The molecular weight excluding hydrogens is 467 g/mol. The highest BCUT2D eigenvalue weighted by Crippen LogP contribution is 2.34. The third kappa shape index (κ3) is 5.10. The number of benzene rings is 3. The minimum Gasteiger partial charge on any atom is -0.457 e. The maximum Gasteiger partial charge on any atom is 0.417 e. The summed E-state index contributed by atoms with van der Waals surface area (Å²) in [5, 5.41) is 9.41. The van der Waals surface area contributed by atoms with E-state index in [1.807, 2.05) is 32.0 Å². The van der Waals surface area contributed by atoms with Gasteiger partial charge in [-0.1, -0.05) is 29.8 Å². The smallest absolute Gasteiger partial charge is 0.417 e. The Morgan fingerprint density at radius 3 is 2.31 bits per heavy atom. The number of halogens is 3. The molecule has 0 spiro atoms. The largest absolute Gasteiger partial charge is 0.457 e. The van der Waals surface area contributed by atoms with Crippen LogP contribution in [0, 0.1) is 25.2 Å². The first-order valence-electron chi connectivity index (χ1n) is 11.0. The number of hydrogen-bond donors (Lipinski definition) is 1. The van der Waals surface area contributed by atoms with Crippen molar-refractivity contribution < 1.29 is 17.9 Å². The second kappa shape index (κ2) is 9.62. The van der Waals surface area contributed by atoms with Gasteiger partial charge in [0.2, 0.25) is 0 Å². The number of nitrogens with zero attached hydrogens (tertiary/aromatic N) is 2. The van der Waals surface area contributed by atoms with E-state index in [1.165, 1.54) is 10.6 Å². The highest BCUT2D eigenvalue weighted by atomic mass is 19.4. The van der Waals surface area contributed by atoms with Gasteiger partial charge in [0.1, 0.15) is 23.1 Å². The molecule has 8 heteroatoms. The van der Waals surface area contributed by atoms with Gasteiger partial charge in [0, 0.05) is 11.8 Å². The summed E-state index contributed by atoms with van der Waals surface area (Å²) in [6, 6.07) is 21.1. The average molecular weight is 489 g/mol. The summed E-state index contributed by atoms with van der Waals surface area (Å²) < 4.78 is 48.3. The second-order valence-corrected chi connectivity index (χ2v) is 8.45. The van der Waals surface area contributed by atoms with Crippen LogP contribution >= 0.6 is 0 Å². The zero-order valence-electron chi connectivity index (χ0n) is 19.6. The first kappa shape index (κ1) is 24.6. The monoisotopic (exact) mass is 489 g/mol. The van der Waals surface area contributed by atoms with E-state index in [-0.39, 0.29) is 12.2 Å². The van der Waals surface area contributed by atoms with Gasteiger partial charge in [-0.2, -0.15) is 18.4 Å². The fraction of sp³-hybridized carbons (Fsp3) is 0.143.